The maximum Gasteiger partial charge on any atom is 0.308 e. The van der Waals surface area contributed by atoms with E-state index in [2.05, 4.69) is 4.98 Å². The number of fused-ring (bicyclic) bond motifs is 1. The molecule has 146 valence electrons. The zero-order valence-corrected chi connectivity index (χ0v) is 16.5. The Hall–Kier alpha value is -2.80. The van der Waals surface area contributed by atoms with Gasteiger partial charge in [-0.25, -0.2) is 4.98 Å². The van der Waals surface area contributed by atoms with Crippen molar-refractivity contribution >= 4 is 29.0 Å². The molecule has 3 heterocycles. The number of hydrogen-bond acceptors (Lipinski definition) is 5. The summed E-state index contributed by atoms with van der Waals surface area (Å²) in [5.41, 5.74) is 3.13. The molecular formula is C20H21ClN4O3. The van der Waals surface area contributed by atoms with E-state index in [0.717, 1.165) is 35.7 Å². The number of anilines is 1. The van der Waals surface area contributed by atoms with E-state index in [1.165, 1.54) is 0 Å². The van der Waals surface area contributed by atoms with Crippen molar-refractivity contribution in [1.29, 1.82) is 0 Å². The van der Waals surface area contributed by atoms with Gasteiger partial charge in [-0.3, -0.25) is 4.79 Å². The third-order valence-electron chi connectivity index (χ3n) is 5.12. The van der Waals surface area contributed by atoms with E-state index in [1.54, 1.807) is 11.6 Å². The summed E-state index contributed by atoms with van der Waals surface area (Å²) in [7, 11) is 1.60. The third-order valence-corrected chi connectivity index (χ3v) is 5.37. The van der Waals surface area contributed by atoms with Crippen molar-refractivity contribution in [3.63, 3.8) is 0 Å². The fourth-order valence-electron chi connectivity index (χ4n) is 3.74. The smallest absolute Gasteiger partial charge is 0.308 e. The first-order chi connectivity index (χ1) is 13.5. The molecule has 1 saturated heterocycles. The molecule has 4 rings (SSSR count). The molecule has 2 aromatic heterocycles. The van der Waals surface area contributed by atoms with Crippen molar-refractivity contribution in [2.75, 3.05) is 25.1 Å². The molecule has 3 aromatic rings. The summed E-state index contributed by atoms with van der Waals surface area (Å²) in [6.07, 6.45) is 1.48. The highest BCUT2D eigenvalue weighted by molar-refractivity contribution is 6.30. The summed E-state index contributed by atoms with van der Waals surface area (Å²) in [6.45, 7) is 3.05. The molecule has 1 atom stereocenters. The van der Waals surface area contributed by atoms with Gasteiger partial charge >= 0.3 is 5.97 Å². The van der Waals surface area contributed by atoms with E-state index < -0.39 is 11.9 Å². The third kappa shape index (κ3) is 3.26. The number of carboxylic acids is 1. The van der Waals surface area contributed by atoms with Crippen molar-refractivity contribution in [2.24, 2.45) is 5.92 Å². The Morgan fingerprint density at radius 3 is 2.75 bits per heavy atom. The molecule has 0 aliphatic carbocycles. The van der Waals surface area contributed by atoms with E-state index in [1.807, 2.05) is 42.2 Å². The van der Waals surface area contributed by atoms with Gasteiger partial charge < -0.3 is 14.7 Å². The van der Waals surface area contributed by atoms with Crippen LogP contribution >= 0.6 is 11.6 Å². The number of nitrogens with zero attached hydrogens (tertiary/aromatic N) is 4. The van der Waals surface area contributed by atoms with Crippen molar-refractivity contribution in [3.8, 4) is 17.0 Å². The second-order valence-corrected chi connectivity index (χ2v) is 7.42. The highest BCUT2D eigenvalue weighted by Crippen LogP contribution is 2.35. The molecular weight excluding hydrogens is 380 g/mol. The lowest BCUT2D eigenvalue weighted by Gasteiger charge is -2.33. The van der Waals surface area contributed by atoms with Crippen molar-refractivity contribution < 1.29 is 14.6 Å². The molecule has 28 heavy (non-hydrogen) atoms. The van der Waals surface area contributed by atoms with E-state index in [-0.39, 0.29) is 0 Å². The molecule has 1 N–H and O–H groups in total. The lowest BCUT2D eigenvalue weighted by atomic mass is 9.98. The Bertz CT molecular complexity index is 1030. The van der Waals surface area contributed by atoms with Crippen LogP contribution in [-0.4, -0.2) is 45.9 Å². The number of carboxylic acid groups (broad SMARTS) is 1. The van der Waals surface area contributed by atoms with Gasteiger partial charge in [-0.05, 0) is 31.9 Å². The quantitative estimate of drug-likeness (QED) is 0.719. The Morgan fingerprint density at radius 1 is 1.32 bits per heavy atom. The molecule has 0 radical (unpaired) electrons. The van der Waals surface area contributed by atoms with E-state index in [9.17, 15) is 9.90 Å². The highest BCUT2D eigenvalue weighted by Gasteiger charge is 2.30. The summed E-state index contributed by atoms with van der Waals surface area (Å²) in [4.78, 5) is 18.2. The molecule has 8 heteroatoms. The molecule has 0 saturated carbocycles. The van der Waals surface area contributed by atoms with Gasteiger partial charge in [0.15, 0.2) is 17.2 Å². The lowest BCUT2D eigenvalue weighted by molar-refractivity contribution is -0.141. The fraction of sp³-hybridized carbons (Fsp3) is 0.350. The number of rotatable bonds is 4. The van der Waals surface area contributed by atoms with E-state index in [4.69, 9.17) is 21.4 Å². The number of aliphatic carboxylic acids is 1. The summed E-state index contributed by atoms with van der Waals surface area (Å²) in [5.74, 6) is 0.182. The number of methoxy groups -OCH3 is 1. The molecule has 0 amide bonds. The molecule has 0 bridgehead atoms. The first kappa shape index (κ1) is 18.6. The minimum absolute atomic E-state index is 0.409. The Morgan fingerprint density at radius 2 is 2.07 bits per heavy atom. The first-order valence-electron chi connectivity index (χ1n) is 9.16. The predicted molar refractivity (Wildman–Crippen MR) is 107 cm³/mol. The zero-order chi connectivity index (χ0) is 19.8. The zero-order valence-electron chi connectivity index (χ0n) is 15.7. The Kier molecular flexibility index (Phi) is 4.85. The molecule has 1 fully saturated rings. The second-order valence-electron chi connectivity index (χ2n) is 6.98. The van der Waals surface area contributed by atoms with Crippen LogP contribution in [0.25, 0.3) is 16.9 Å². The first-order valence-corrected chi connectivity index (χ1v) is 9.54. The molecule has 1 aliphatic rings. The van der Waals surface area contributed by atoms with Crippen molar-refractivity contribution in [3.05, 3.63) is 41.0 Å². The second kappa shape index (κ2) is 7.31. The minimum atomic E-state index is -0.770. The average molecular weight is 401 g/mol. The Labute approximate surface area is 167 Å². The van der Waals surface area contributed by atoms with Crippen LogP contribution in [0, 0.1) is 12.8 Å². The van der Waals surface area contributed by atoms with Gasteiger partial charge in [-0.15, -0.1) is 0 Å². The van der Waals surface area contributed by atoms with Crippen LogP contribution in [0.2, 0.25) is 5.02 Å². The topological polar surface area (TPSA) is 80.0 Å². The number of hydrogen-bond donors (Lipinski definition) is 1. The van der Waals surface area contributed by atoms with Crippen molar-refractivity contribution in [2.45, 2.75) is 19.8 Å². The van der Waals surface area contributed by atoms with Crippen LogP contribution in [0.5, 0.6) is 5.75 Å². The number of aryl methyl sites for hydroxylation is 1. The van der Waals surface area contributed by atoms with Gasteiger partial charge in [-0.1, -0.05) is 23.7 Å². The van der Waals surface area contributed by atoms with Crippen LogP contribution in [0.15, 0.2) is 30.3 Å². The molecule has 1 aliphatic heterocycles. The van der Waals surface area contributed by atoms with Gasteiger partial charge in [0, 0.05) is 29.7 Å². The maximum atomic E-state index is 11.5. The standard InChI is InChI=1S/C20H21ClN4O3/c1-12-18(28-2)19(24-9-3-4-14(11-24)20(26)27)25-17(22-12)10-16(23-25)13-5-7-15(21)8-6-13/h5-8,10,14H,3-4,9,11H2,1-2H3,(H,26,27). The fourth-order valence-corrected chi connectivity index (χ4v) is 3.86. The van der Waals surface area contributed by atoms with Crippen LogP contribution in [0.1, 0.15) is 18.5 Å². The Balaban J connectivity index is 1.85. The van der Waals surface area contributed by atoms with E-state index in [0.29, 0.717) is 29.4 Å². The SMILES string of the molecule is COc1c(C)nc2cc(-c3ccc(Cl)cc3)nn2c1N1CCCC(C(=O)O)C1. The maximum absolute atomic E-state index is 11.5. The van der Waals surface area contributed by atoms with Crippen LogP contribution in [0.4, 0.5) is 5.82 Å². The van der Waals surface area contributed by atoms with Crippen LogP contribution in [0.3, 0.4) is 0 Å². The van der Waals surface area contributed by atoms with Crippen LogP contribution in [-0.2, 0) is 4.79 Å². The number of ether oxygens (including phenoxy) is 1. The number of halogens is 1. The summed E-state index contributed by atoms with van der Waals surface area (Å²) >= 11 is 6.00. The van der Waals surface area contributed by atoms with Gasteiger partial charge in [-0.2, -0.15) is 9.61 Å². The van der Waals surface area contributed by atoms with E-state index >= 15 is 0 Å². The number of carbonyl (C=O) groups is 1. The van der Waals surface area contributed by atoms with Gasteiger partial charge in [0.25, 0.3) is 0 Å². The average Bonchev–Trinajstić information content (AvgIpc) is 3.10. The van der Waals surface area contributed by atoms with Gasteiger partial charge in [0.05, 0.1) is 24.4 Å². The number of piperidine rings is 1. The lowest BCUT2D eigenvalue weighted by Crippen LogP contribution is -2.40. The summed E-state index contributed by atoms with van der Waals surface area (Å²) in [5, 5.41) is 14.9. The van der Waals surface area contributed by atoms with Gasteiger partial charge in [0.2, 0.25) is 0 Å². The van der Waals surface area contributed by atoms with Crippen molar-refractivity contribution in [1.82, 2.24) is 14.6 Å². The summed E-state index contributed by atoms with van der Waals surface area (Å²) < 4.78 is 7.38. The predicted octanol–water partition coefficient (Wildman–Crippen LogP) is 3.67. The minimum Gasteiger partial charge on any atom is -0.491 e. The summed E-state index contributed by atoms with van der Waals surface area (Å²) in [6, 6.07) is 9.38. The number of benzene rings is 1. The largest absolute Gasteiger partial charge is 0.491 e. The molecule has 1 aromatic carbocycles. The van der Waals surface area contributed by atoms with Crippen LogP contribution < -0.4 is 9.64 Å². The number of aromatic nitrogens is 3. The monoisotopic (exact) mass is 400 g/mol. The highest BCUT2D eigenvalue weighted by atomic mass is 35.5. The molecule has 1 unspecified atom stereocenters. The molecule has 7 nitrogen and oxygen atoms in total. The normalized spacial score (nSPS) is 17.1. The van der Waals surface area contributed by atoms with Gasteiger partial charge in [0.1, 0.15) is 0 Å². The molecule has 0 spiro atoms.